The van der Waals surface area contributed by atoms with Crippen LogP contribution in [0.4, 0.5) is 5.69 Å². The highest BCUT2D eigenvalue weighted by Gasteiger charge is 2.36. The van der Waals surface area contributed by atoms with Crippen LogP contribution in [-0.4, -0.2) is 22.3 Å². The number of fused-ring (bicyclic) bond motifs is 3. The zero-order valence-electron chi connectivity index (χ0n) is 13.9. The lowest BCUT2D eigenvalue weighted by Gasteiger charge is -2.25. The molecular formula is C20H16ClN3O2. The molecule has 0 fully saturated rings. The van der Waals surface area contributed by atoms with Crippen LogP contribution in [-0.2, 0) is 6.42 Å². The van der Waals surface area contributed by atoms with E-state index >= 15 is 0 Å². The van der Waals surface area contributed by atoms with Crippen molar-refractivity contribution in [1.29, 1.82) is 0 Å². The first-order chi connectivity index (χ1) is 12.6. The van der Waals surface area contributed by atoms with Crippen LogP contribution in [0.5, 0.6) is 0 Å². The summed E-state index contributed by atoms with van der Waals surface area (Å²) in [5, 5.41) is 13.2. The van der Waals surface area contributed by atoms with Gasteiger partial charge in [0.25, 0.3) is 0 Å². The number of H-pyrrole nitrogens is 1. The van der Waals surface area contributed by atoms with Gasteiger partial charge in [0.2, 0.25) is 5.69 Å². The number of aromatic amines is 1. The summed E-state index contributed by atoms with van der Waals surface area (Å²) in [4.78, 5) is 14.7. The summed E-state index contributed by atoms with van der Waals surface area (Å²) in [5.74, 6) is 0. The largest absolute Gasteiger partial charge is 0.277 e. The Morgan fingerprint density at radius 1 is 1.35 bits per heavy atom. The quantitative estimate of drug-likeness (QED) is 0.307. The third-order valence-corrected chi connectivity index (χ3v) is 4.87. The van der Waals surface area contributed by atoms with Crippen molar-refractivity contribution in [2.75, 3.05) is 6.54 Å². The second-order valence-corrected chi connectivity index (χ2v) is 6.56. The minimum atomic E-state index is -0.373. The molecule has 0 spiro atoms. The lowest BCUT2D eigenvalue weighted by Crippen LogP contribution is -2.33. The Morgan fingerprint density at radius 3 is 2.96 bits per heavy atom. The van der Waals surface area contributed by atoms with Crippen molar-refractivity contribution in [2.24, 2.45) is 0 Å². The first kappa shape index (κ1) is 16.4. The summed E-state index contributed by atoms with van der Waals surface area (Å²) >= 11 is 6.18. The Morgan fingerprint density at radius 2 is 2.19 bits per heavy atom. The molecule has 2 heterocycles. The predicted molar refractivity (Wildman–Crippen MR) is 101 cm³/mol. The molecular weight excluding hydrogens is 350 g/mol. The first-order valence-electron chi connectivity index (χ1n) is 8.24. The van der Waals surface area contributed by atoms with E-state index in [1.807, 2.05) is 29.0 Å². The molecule has 3 aromatic rings. The number of nitro benzene ring substituents is 1. The highest BCUT2D eigenvalue weighted by Crippen LogP contribution is 2.38. The SMILES string of the molecule is C=CC=[N+]1CCc2c([nH+][c-]3ccccc23)[C-]1c1cc(Cl)ccc1[N+](=O)[O-]. The van der Waals surface area contributed by atoms with Gasteiger partial charge in [0, 0.05) is 21.9 Å². The Bertz CT molecular complexity index is 1070. The number of rotatable bonds is 3. The molecule has 1 aromatic heterocycles. The molecule has 0 saturated heterocycles. The molecule has 130 valence electrons. The van der Waals surface area contributed by atoms with Crippen LogP contribution < -0.4 is 4.98 Å². The van der Waals surface area contributed by atoms with E-state index in [0.717, 1.165) is 29.1 Å². The fourth-order valence-electron chi connectivity index (χ4n) is 3.57. The third kappa shape index (κ3) is 2.57. The lowest BCUT2D eigenvalue weighted by molar-refractivity contribution is -0.520. The van der Waals surface area contributed by atoms with E-state index < -0.39 is 0 Å². The number of aromatic nitrogens is 1. The molecule has 0 aliphatic carbocycles. The van der Waals surface area contributed by atoms with E-state index in [0.29, 0.717) is 17.1 Å². The van der Waals surface area contributed by atoms with Crippen molar-refractivity contribution < 1.29 is 14.5 Å². The average molecular weight is 366 g/mol. The van der Waals surface area contributed by atoms with Crippen LogP contribution in [0.15, 0.2) is 55.1 Å². The molecule has 2 aromatic carbocycles. The standard InChI is InChI=1S/C20H16ClN3O2/c1-2-10-23-11-9-15-14-5-3-4-6-17(14)22-19(15)20(23)16-12-13(21)7-8-18(16)24(25)26/h2-8,10,12,22H,1,9,11H2. The Hall–Kier alpha value is -3.05. The van der Waals surface area contributed by atoms with Gasteiger partial charge >= 0.3 is 0 Å². The predicted octanol–water partition coefficient (Wildman–Crippen LogP) is 3.69. The number of benzene rings is 2. The maximum Gasteiger partial charge on any atom is 0.219 e. The van der Waals surface area contributed by atoms with Crippen LogP contribution >= 0.6 is 11.6 Å². The summed E-state index contributed by atoms with van der Waals surface area (Å²) in [7, 11) is 0. The van der Waals surface area contributed by atoms with Crippen LogP contribution in [0, 0.1) is 16.2 Å². The van der Waals surface area contributed by atoms with Gasteiger partial charge in [0.05, 0.1) is 0 Å². The first-order valence-corrected chi connectivity index (χ1v) is 8.61. The smallest absolute Gasteiger partial charge is 0.219 e. The number of allylic oxidation sites excluding steroid dienone is 1. The van der Waals surface area contributed by atoms with Crippen molar-refractivity contribution >= 4 is 34.4 Å². The molecule has 1 aliphatic heterocycles. The topological polar surface area (TPSA) is 60.3 Å². The van der Waals surface area contributed by atoms with E-state index in [2.05, 4.69) is 17.6 Å². The van der Waals surface area contributed by atoms with E-state index in [4.69, 9.17) is 11.6 Å². The fourth-order valence-corrected chi connectivity index (χ4v) is 3.74. The number of nitro groups is 1. The maximum atomic E-state index is 11.6. The van der Waals surface area contributed by atoms with Gasteiger partial charge in [-0.2, -0.15) is 0 Å². The van der Waals surface area contributed by atoms with Crippen molar-refractivity contribution in [1.82, 2.24) is 0 Å². The molecule has 0 unspecified atom stereocenters. The number of halogens is 1. The summed E-state index contributed by atoms with van der Waals surface area (Å²) in [6, 6.07) is 13.4. The molecule has 1 aliphatic rings. The summed E-state index contributed by atoms with van der Waals surface area (Å²) in [6.45, 7) is 4.48. The van der Waals surface area contributed by atoms with Crippen LogP contribution in [0.1, 0.15) is 16.8 Å². The van der Waals surface area contributed by atoms with Crippen molar-refractivity contribution in [3.05, 3.63) is 93.1 Å². The normalized spacial score (nSPS) is 15.3. The molecule has 0 atom stereocenters. The molecule has 0 bridgehead atoms. The van der Waals surface area contributed by atoms with E-state index in [1.54, 1.807) is 18.2 Å². The number of nitrogens with zero attached hydrogens (tertiary/aromatic N) is 2. The Kier molecular flexibility index (Phi) is 4.01. The van der Waals surface area contributed by atoms with Gasteiger partial charge in [-0.3, -0.25) is 19.7 Å². The number of nitrogens with one attached hydrogen (secondary N) is 1. The van der Waals surface area contributed by atoms with Crippen LogP contribution in [0.3, 0.4) is 0 Å². The number of hydrogen-bond acceptors (Lipinski definition) is 2. The Labute approximate surface area is 155 Å². The van der Waals surface area contributed by atoms with E-state index in [9.17, 15) is 10.1 Å². The van der Waals surface area contributed by atoms with Gasteiger partial charge in [-0.05, 0) is 12.1 Å². The number of para-hydroxylation sites is 1. The van der Waals surface area contributed by atoms with Crippen LogP contribution in [0.25, 0.3) is 10.9 Å². The summed E-state index contributed by atoms with van der Waals surface area (Å²) in [5.41, 5.74) is 3.59. The van der Waals surface area contributed by atoms with Gasteiger partial charge in [0.15, 0.2) is 11.7 Å². The fraction of sp³-hybridized carbons (Fsp3) is 0.100. The van der Waals surface area contributed by atoms with Gasteiger partial charge in [0.1, 0.15) is 18.3 Å². The lowest BCUT2D eigenvalue weighted by atomic mass is 9.92. The van der Waals surface area contributed by atoms with Gasteiger partial charge in [-0.1, -0.05) is 40.7 Å². The minimum Gasteiger partial charge on any atom is -0.277 e. The van der Waals surface area contributed by atoms with Gasteiger partial charge < -0.3 is 0 Å². The van der Waals surface area contributed by atoms with E-state index in [1.165, 1.54) is 11.6 Å². The zero-order valence-corrected chi connectivity index (χ0v) is 14.7. The molecule has 26 heavy (non-hydrogen) atoms. The summed E-state index contributed by atoms with van der Waals surface area (Å²) in [6.07, 6.45) is 4.36. The molecule has 0 radical (unpaired) electrons. The summed E-state index contributed by atoms with van der Waals surface area (Å²) < 4.78 is 1.99. The maximum absolute atomic E-state index is 11.6. The third-order valence-electron chi connectivity index (χ3n) is 4.64. The van der Waals surface area contributed by atoms with Crippen molar-refractivity contribution in [3.63, 3.8) is 0 Å². The minimum absolute atomic E-state index is 0.0263. The second kappa shape index (κ2) is 6.35. The van der Waals surface area contributed by atoms with E-state index in [-0.39, 0.29) is 10.6 Å². The van der Waals surface area contributed by atoms with Crippen molar-refractivity contribution in [2.45, 2.75) is 6.42 Å². The van der Waals surface area contributed by atoms with Crippen molar-refractivity contribution in [3.8, 4) is 0 Å². The van der Waals surface area contributed by atoms with Crippen LogP contribution in [0.2, 0.25) is 5.02 Å². The molecule has 0 amide bonds. The monoisotopic (exact) mass is 365 g/mol. The van der Waals surface area contributed by atoms with Gasteiger partial charge in [-0.15, -0.1) is 24.8 Å². The molecule has 6 heteroatoms. The zero-order chi connectivity index (χ0) is 18.3. The number of hydrogen-bond donors (Lipinski definition) is 0. The molecule has 1 N–H and O–H groups in total. The highest BCUT2D eigenvalue weighted by atomic mass is 35.5. The highest BCUT2D eigenvalue weighted by molar-refractivity contribution is 6.30. The molecule has 5 nitrogen and oxygen atoms in total. The average Bonchev–Trinajstić information content (AvgIpc) is 3.00. The molecule has 0 saturated carbocycles. The van der Waals surface area contributed by atoms with Gasteiger partial charge in [-0.25, -0.2) is 0 Å². The second-order valence-electron chi connectivity index (χ2n) is 6.12. The molecule has 4 rings (SSSR count). The Balaban J connectivity index is 2.02.